The van der Waals surface area contributed by atoms with Gasteiger partial charge < -0.3 is 14.9 Å². The topological polar surface area (TPSA) is 98.9 Å². The second-order valence-corrected chi connectivity index (χ2v) is 8.81. The monoisotopic (exact) mass is 394 g/mol. The van der Waals surface area contributed by atoms with Crippen LogP contribution < -0.4 is 11.1 Å². The van der Waals surface area contributed by atoms with Crippen LogP contribution in [0.1, 0.15) is 70.8 Å². The Morgan fingerprint density at radius 2 is 1.90 bits per heavy atom. The Hall–Kier alpha value is -2.70. The van der Waals surface area contributed by atoms with Gasteiger partial charge in [0.2, 0.25) is 0 Å². The summed E-state index contributed by atoms with van der Waals surface area (Å²) in [5.74, 6) is 0.415. The molecule has 1 saturated heterocycles. The Morgan fingerprint density at radius 3 is 2.76 bits per heavy atom. The number of nitrogens with zero attached hydrogens (tertiary/aromatic N) is 2. The van der Waals surface area contributed by atoms with E-state index in [2.05, 4.69) is 15.0 Å². The van der Waals surface area contributed by atoms with Gasteiger partial charge in [-0.3, -0.25) is 14.4 Å². The molecule has 3 heterocycles. The molecule has 2 aromatic heterocycles. The van der Waals surface area contributed by atoms with E-state index in [1.54, 1.807) is 11.8 Å². The first kappa shape index (κ1) is 18.3. The molecular formula is C22H26N4O3. The minimum Gasteiger partial charge on any atom is -0.338 e. The van der Waals surface area contributed by atoms with Gasteiger partial charge in [-0.05, 0) is 69.9 Å². The van der Waals surface area contributed by atoms with Gasteiger partial charge in [0, 0.05) is 29.8 Å². The fourth-order valence-electron chi connectivity index (χ4n) is 5.47. The van der Waals surface area contributed by atoms with Crippen LogP contribution in [0.15, 0.2) is 15.7 Å². The predicted molar refractivity (Wildman–Crippen MR) is 108 cm³/mol. The summed E-state index contributed by atoms with van der Waals surface area (Å²) in [7, 11) is 0. The number of hydrogen-bond donors (Lipinski definition) is 2. The maximum absolute atomic E-state index is 13.3. The molecule has 152 valence electrons. The first-order valence-electron chi connectivity index (χ1n) is 10.6. The van der Waals surface area contributed by atoms with Gasteiger partial charge in [-0.2, -0.15) is 0 Å². The lowest BCUT2D eigenvalue weighted by molar-refractivity contribution is 0.0631. The number of fused-ring (bicyclic) bond motifs is 3. The Bertz CT molecular complexity index is 1120. The van der Waals surface area contributed by atoms with Crippen molar-refractivity contribution in [2.75, 3.05) is 13.1 Å². The van der Waals surface area contributed by atoms with E-state index in [0.717, 1.165) is 67.5 Å². The van der Waals surface area contributed by atoms with Crippen LogP contribution in [0.2, 0.25) is 0 Å². The van der Waals surface area contributed by atoms with E-state index in [9.17, 15) is 14.4 Å². The maximum atomic E-state index is 13.3. The van der Waals surface area contributed by atoms with E-state index in [-0.39, 0.29) is 28.0 Å². The highest BCUT2D eigenvalue weighted by Gasteiger charge is 2.45. The van der Waals surface area contributed by atoms with Crippen LogP contribution in [0.4, 0.5) is 0 Å². The van der Waals surface area contributed by atoms with Crippen LogP contribution in [0.5, 0.6) is 0 Å². The third-order valence-electron chi connectivity index (χ3n) is 6.92. The zero-order valence-corrected chi connectivity index (χ0v) is 16.8. The zero-order valence-electron chi connectivity index (χ0n) is 16.8. The smallest absolute Gasteiger partial charge is 0.261 e. The van der Waals surface area contributed by atoms with Crippen molar-refractivity contribution in [1.29, 1.82) is 0 Å². The van der Waals surface area contributed by atoms with Crippen molar-refractivity contribution in [3.63, 3.8) is 0 Å². The number of rotatable bonds is 1. The average Bonchev–Trinajstić information content (AvgIpc) is 3.05. The summed E-state index contributed by atoms with van der Waals surface area (Å²) in [4.78, 5) is 50.5. The van der Waals surface area contributed by atoms with Crippen LogP contribution >= 0.6 is 0 Å². The molecule has 1 atom stereocenters. The Kier molecular flexibility index (Phi) is 4.22. The lowest BCUT2D eigenvalue weighted by Crippen LogP contribution is -2.49. The van der Waals surface area contributed by atoms with Gasteiger partial charge in [-0.25, -0.2) is 4.98 Å². The predicted octanol–water partition coefficient (Wildman–Crippen LogP) is 1.77. The number of likely N-dealkylation sites (tertiary alicyclic amines) is 1. The molecule has 0 bridgehead atoms. The minimum atomic E-state index is -0.285. The first-order chi connectivity index (χ1) is 14.0. The van der Waals surface area contributed by atoms with Gasteiger partial charge in [0.15, 0.2) is 0 Å². The van der Waals surface area contributed by atoms with Gasteiger partial charge >= 0.3 is 0 Å². The van der Waals surface area contributed by atoms with Crippen LogP contribution in [0, 0.1) is 6.92 Å². The molecule has 29 heavy (non-hydrogen) atoms. The van der Waals surface area contributed by atoms with E-state index in [1.165, 1.54) is 0 Å². The molecule has 1 fully saturated rings. The highest BCUT2D eigenvalue weighted by Crippen LogP contribution is 2.43. The van der Waals surface area contributed by atoms with E-state index < -0.39 is 0 Å². The van der Waals surface area contributed by atoms with Gasteiger partial charge in [0.05, 0.1) is 5.69 Å². The number of H-pyrrole nitrogens is 2. The van der Waals surface area contributed by atoms with Crippen molar-refractivity contribution in [2.24, 2.45) is 0 Å². The maximum Gasteiger partial charge on any atom is 0.261 e. The molecule has 0 radical (unpaired) electrons. The van der Waals surface area contributed by atoms with E-state index in [4.69, 9.17) is 0 Å². The number of aromatic amines is 2. The lowest BCUT2D eigenvalue weighted by Gasteiger charge is -2.40. The molecule has 7 heteroatoms. The van der Waals surface area contributed by atoms with Crippen LogP contribution in [-0.2, 0) is 24.7 Å². The number of piperidine rings is 1. The summed E-state index contributed by atoms with van der Waals surface area (Å²) in [6.07, 6.45) is 7.25. The summed E-state index contributed by atoms with van der Waals surface area (Å²) in [6, 6.07) is 1.81. The van der Waals surface area contributed by atoms with Crippen molar-refractivity contribution in [2.45, 2.75) is 63.7 Å². The Balaban J connectivity index is 1.48. The van der Waals surface area contributed by atoms with Crippen LogP contribution in [-0.4, -0.2) is 38.8 Å². The zero-order chi connectivity index (χ0) is 20.2. The lowest BCUT2D eigenvalue weighted by atomic mass is 9.77. The molecule has 5 rings (SSSR count). The van der Waals surface area contributed by atoms with Gasteiger partial charge in [0.1, 0.15) is 11.4 Å². The molecule has 2 aromatic rings. The molecule has 0 aromatic carbocycles. The summed E-state index contributed by atoms with van der Waals surface area (Å²) < 4.78 is 0. The van der Waals surface area contributed by atoms with E-state index in [1.807, 2.05) is 6.07 Å². The second-order valence-electron chi connectivity index (χ2n) is 8.81. The molecule has 1 spiro atoms. The fourth-order valence-corrected chi connectivity index (χ4v) is 5.47. The molecule has 1 aliphatic heterocycles. The summed E-state index contributed by atoms with van der Waals surface area (Å²) >= 11 is 0. The molecular weight excluding hydrogens is 368 g/mol. The molecule has 0 saturated carbocycles. The number of carbonyl (C=O) groups is 1. The van der Waals surface area contributed by atoms with Crippen molar-refractivity contribution in [1.82, 2.24) is 19.9 Å². The largest absolute Gasteiger partial charge is 0.338 e. The third kappa shape index (κ3) is 2.94. The van der Waals surface area contributed by atoms with E-state index in [0.29, 0.717) is 25.3 Å². The third-order valence-corrected chi connectivity index (χ3v) is 6.92. The molecule has 2 aliphatic carbocycles. The summed E-state index contributed by atoms with van der Waals surface area (Å²) in [6.45, 7) is 2.95. The number of aryl methyl sites for hydroxylation is 3. The SMILES string of the molecule is Cc1nc2c(c(=O)[nH]1)CCC21CCCN(C(=O)c2cc3c([nH]c2=O)CCCC3)C1. The number of amides is 1. The van der Waals surface area contributed by atoms with E-state index >= 15 is 0 Å². The summed E-state index contributed by atoms with van der Waals surface area (Å²) in [5.41, 5.74) is 3.33. The Labute approximate surface area is 168 Å². The van der Waals surface area contributed by atoms with Gasteiger partial charge in [0.25, 0.3) is 17.0 Å². The van der Waals surface area contributed by atoms with Crippen LogP contribution in [0.25, 0.3) is 0 Å². The van der Waals surface area contributed by atoms with Crippen molar-refractivity contribution in [3.05, 3.63) is 60.7 Å². The molecule has 1 amide bonds. The number of hydrogen-bond acceptors (Lipinski definition) is 4. The molecule has 1 unspecified atom stereocenters. The Morgan fingerprint density at radius 1 is 1.07 bits per heavy atom. The number of aromatic nitrogens is 3. The standard InChI is InChI=1S/C22H26N4O3/c1-13-23-18-15(19(27)24-13)7-9-22(18)8-4-10-26(12-22)21(29)16-11-14-5-2-3-6-17(14)25-20(16)28/h11H,2-10,12H2,1H3,(H,25,28)(H,23,24,27). The van der Waals surface area contributed by atoms with Crippen molar-refractivity contribution in [3.8, 4) is 0 Å². The number of carbonyl (C=O) groups excluding carboxylic acids is 1. The average molecular weight is 394 g/mol. The highest BCUT2D eigenvalue weighted by molar-refractivity contribution is 5.94. The number of nitrogens with one attached hydrogen (secondary N) is 2. The summed E-state index contributed by atoms with van der Waals surface area (Å²) in [5, 5.41) is 0. The minimum absolute atomic E-state index is 0.0565. The first-order valence-corrected chi connectivity index (χ1v) is 10.6. The van der Waals surface area contributed by atoms with Crippen molar-refractivity contribution < 1.29 is 4.79 Å². The number of pyridine rings is 1. The highest BCUT2D eigenvalue weighted by atomic mass is 16.2. The normalized spacial score (nSPS) is 23.1. The van der Waals surface area contributed by atoms with Crippen molar-refractivity contribution >= 4 is 5.91 Å². The molecule has 7 nitrogen and oxygen atoms in total. The fraction of sp³-hybridized carbons (Fsp3) is 0.545. The second kappa shape index (κ2) is 6.68. The van der Waals surface area contributed by atoms with Gasteiger partial charge in [-0.15, -0.1) is 0 Å². The van der Waals surface area contributed by atoms with Crippen LogP contribution in [0.3, 0.4) is 0 Å². The molecule has 2 N–H and O–H groups in total. The molecule has 3 aliphatic rings. The quantitative estimate of drug-likeness (QED) is 0.770. The van der Waals surface area contributed by atoms with Gasteiger partial charge in [-0.1, -0.05) is 0 Å².